The van der Waals surface area contributed by atoms with E-state index in [1.54, 1.807) is 10.7 Å². The first-order valence-corrected chi connectivity index (χ1v) is 10.4. The van der Waals surface area contributed by atoms with Crippen LogP contribution in [0.2, 0.25) is 0 Å². The molecule has 150 valence electrons. The minimum absolute atomic E-state index is 0.278. The zero-order valence-corrected chi connectivity index (χ0v) is 17.3. The number of aromatic nitrogens is 6. The smallest absolute Gasteiger partial charge is 0.255 e. The van der Waals surface area contributed by atoms with Gasteiger partial charge in [-0.1, -0.05) is 30.0 Å². The maximum atomic E-state index is 6.05. The summed E-state index contributed by atoms with van der Waals surface area (Å²) in [7, 11) is 0. The van der Waals surface area contributed by atoms with E-state index in [-0.39, 0.29) is 6.61 Å². The van der Waals surface area contributed by atoms with Crippen molar-refractivity contribution in [3.63, 3.8) is 0 Å². The van der Waals surface area contributed by atoms with Crippen LogP contribution in [0.1, 0.15) is 23.0 Å². The molecule has 8 nitrogen and oxygen atoms in total. The highest BCUT2D eigenvalue weighted by molar-refractivity contribution is 7.98. The van der Waals surface area contributed by atoms with E-state index >= 15 is 0 Å². The molecule has 0 spiro atoms. The van der Waals surface area contributed by atoms with Gasteiger partial charge < -0.3 is 9.15 Å². The van der Waals surface area contributed by atoms with Crippen LogP contribution in [-0.4, -0.2) is 29.5 Å². The molecule has 0 aliphatic rings. The van der Waals surface area contributed by atoms with E-state index in [4.69, 9.17) is 9.15 Å². The van der Waals surface area contributed by atoms with Gasteiger partial charge in [-0.05, 0) is 32.0 Å². The Morgan fingerprint density at radius 2 is 1.97 bits per heavy atom. The Bertz CT molecular complexity index is 1310. The van der Waals surface area contributed by atoms with E-state index in [0.29, 0.717) is 28.4 Å². The highest BCUT2D eigenvalue weighted by atomic mass is 32.2. The Morgan fingerprint density at radius 1 is 1.07 bits per heavy atom. The number of fused-ring (bicyclic) bond motifs is 2. The van der Waals surface area contributed by atoms with E-state index in [9.17, 15) is 0 Å². The molecular weight excluding hydrogens is 400 g/mol. The fraction of sp³-hybridized carbons (Fsp3) is 0.190. The van der Waals surface area contributed by atoms with Crippen molar-refractivity contribution in [2.75, 3.05) is 0 Å². The molecule has 0 aliphatic carbocycles. The summed E-state index contributed by atoms with van der Waals surface area (Å²) in [4.78, 5) is 17.7. The van der Waals surface area contributed by atoms with Gasteiger partial charge in [0.25, 0.3) is 5.78 Å². The average molecular weight is 418 g/mol. The first-order chi connectivity index (χ1) is 14.6. The molecular formula is C21H18N6O2S. The van der Waals surface area contributed by atoms with Gasteiger partial charge >= 0.3 is 0 Å². The van der Waals surface area contributed by atoms with Crippen LogP contribution >= 0.6 is 11.8 Å². The number of benzene rings is 1. The van der Waals surface area contributed by atoms with Crippen LogP contribution in [0.25, 0.3) is 16.7 Å². The van der Waals surface area contributed by atoms with Crippen molar-refractivity contribution in [1.29, 1.82) is 0 Å². The lowest BCUT2D eigenvalue weighted by Crippen LogP contribution is -2.04. The maximum absolute atomic E-state index is 6.05. The van der Waals surface area contributed by atoms with Gasteiger partial charge in [0.1, 0.15) is 23.8 Å². The molecule has 0 radical (unpaired) electrons. The summed E-state index contributed by atoms with van der Waals surface area (Å²) in [6, 6.07) is 13.6. The summed E-state index contributed by atoms with van der Waals surface area (Å²) in [5.41, 5.74) is 2.58. The standard InChI is InChI=1S/C21H18N6O2S/c1-13-7-8-22-21(23-13)30-12-16-10-19(27-20(25-16)24-14(2)26-27)28-11-17-9-15-5-3-4-6-18(15)29-17/h3-10H,11-12H2,1-2H3. The predicted molar refractivity (Wildman–Crippen MR) is 112 cm³/mol. The van der Waals surface area contributed by atoms with Crippen molar-refractivity contribution in [2.24, 2.45) is 0 Å². The van der Waals surface area contributed by atoms with Crippen LogP contribution in [-0.2, 0) is 12.4 Å². The molecule has 0 saturated heterocycles. The van der Waals surface area contributed by atoms with E-state index in [0.717, 1.165) is 28.1 Å². The third-order valence-corrected chi connectivity index (χ3v) is 5.29. The Morgan fingerprint density at radius 3 is 2.83 bits per heavy atom. The highest BCUT2D eigenvalue weighted by Crippen LogP contribution is 2.24. The fourth-order valence-electron chi connectivity index (χ4n) is 3.05. The number of aryl methyl sites for hydroxylation is 2. The van der Waals surface area contributed by atoms with Crippen molar-refractivity contribution in [2.45, 2.75) is 31.4 Å². The largest absolute Gasteiger partial charge is 0.469 e. The number of nitrogens with zero attached hydrogens (tertiary/aromatic N) is 6. The lowest BCUT2D eigenvalue weighted by atomic mass is 10.2. The minimum Gasteiger partial charge on any atom is -0.469 e. The van der Waals surface area contributed by atoms with Crippen LogP contribution in [0.15, 0.2) is 58.2 Å². The quantitative estimate of drug-likeness (QED) is 0.300. The SMILES string of the molecule is Cc1ccnc(SCc2cc(OCc3cc4ccccc4o3)n3nc(C)nc3n2)n1. The Hall–Kier alpha value is -3.46. The monoisotopic (exact) mass is 418 g/mol. The molecule has 5 aromatic rings. The molecule has 4 aromatic heterocycles. The van der Waals surface area contributed by atoms with E-state index < -0.39 is 0 Å². The van der Waals surface area contributed by atoms with Crippen molar-refractivity contribution in [3.8, 4) is 5.88 Å². The molecule has 4 heterocycles. The first kappa shape index (κ1) is 18.6. The van der Waals surface area contributed by atoms with Gasteiger partial charge in [0.15, 0.2) is 5.16 Å². The molecule has 0 unspecified atom stereocenters. The van der Waals surface area contributed by atoms with E-state index in [1.165, 1.54) is 11.8 Å². The highest BCUT2D eigenvalue weighted by Gasteiger charge is 2.13. The second kappa shape index (κ2) is 7.75. The number of ether oxygens (including phenoxy) is 1. The third-order valence-electron chi connectivity index (χ3n) is 4.40. The van der Waals surface area contributed by atoms with Crippen molar-refractivity contribution in [3.05, 3.63) is 71.6 Å². The zero-order chi connectivity index (χ0) is 20.5. The van der Waals surface area contributed by atoms with Gasteiger partial charge in [-0.15, -0.1) is 5.10 Å². The van der Waals surface area contributed by atoms with Crippen LogP contribution in [0.5, 0.6) is 5.88 Å². The van der Waals surface area contributed by atoms with Crippen LogP contribution in [0, 0.1) is 13.8 Å². The van der Waals surface area contributed by atoms with Crippen molar-refractivity contribution >= 4 is 28.5 Å². The molecule has 0 aliphatic heterocycles. The first-order valence-electron chi connectivity index (χ1n) is 9.40. The molecule has 0 bridgehead atoms. The molecule has 9 heteroatoms. The molecule has 0 N–H and O–H groups in total. The summed E-state index contributed by atoms with van der Waals surface area (Å²) in [5, 5.41) is 6.15. The molecule has 0 amide bonds. The maximum Gasteiger partial charge on any atom is 0.255 e. The zero-order valence-electron chi connectivity index (χ0n) is 16.4. The number of furan rings is 1. The Kier molecular flexibility index (Phi) is 4.80. The van der Waals surface area contributed by atoms with Gasteiger partial charge in [-0.2, -0.15) is 9.50 Å². The van der Waals surface area contributed by atoms with Crippen LogP contribution < -0.4 is 4.74 Å². The number of thioether (sulfide) groups is 1. The fourth-order valence-corrected chi connectivity index (χ4v) is 3.82. The third kappa shape index (κ3) is 3.84. The molecule has 1 aromatic carbocycles. The Balaban J connectivity index is 1.39. The number of rotatable bonds is 6. The lowest BCUT2D eigenvalue weighted by Gasteiger charge is -2.08. The number of hydrogen-bond donors (Lipinski definition) is 0. The summed E-state index contributed by atoms with van der Waals surface area (Å²) < 4.78 is 13.5. The van der Waals surface area contributed by atoms with E-state index in [2.05, 4.69) is 25.0 Å². The van der Waals surface area contributed by atoms with Gasteiger partial charge in [0.2, 0.25) is 5.88 Å². The minimum atomic E-state index is 0.278. The van der Waals surface area contributed by atoms with Crippen LogP contribution in [0.3, 0.4) is 0 Å². The second-order valence-corrected chi connectivity index (χ2v) is 7.71. The van der Waals surface area contributed by atoms with E-state index in [1.807, 2.05) is 56.3 Å². The number of hydrogen-bond acceptors (Lipinski definition) is 8. The predicted octanol–water partition coefficient (Wildman–Crippen LogP) is 4.15. The summed E-state index contributed by atoms with van der Waals surface area (Å²) in [6.07, 6.45) is 1.76. The molecule has 5 rings (SSSR count). The van der Waals surface area contributed by atoms with Crippen molar-refractivity contribution in [1.82, 2.24) is 29.5 Å². The van der Waals surface area contributed by atoms with Gasteiger partial charge in [-0.3, -0.25) is 0 Å². The lowest BCUT2D eigenvalue weighted by molar-refractivity contribution is 0.257. The normalized spacial score (nSPS) is 11.4. The molecule has 0 saturated carbocycles. The van der Waals surface area contributed by atoms with Gasteiger partial charge in [0.05, 0.1) is 5.69 Å². The van der Waals surface area contributed by atoms with Crippen molar-refractivity contribution < 1.29 is 9.15 Å². The van der Waals surface area contributed by atoms with Gasteiger partial charge in [-0.25, -0.2) is 15.0 Å². The average Bonchev–Trinajstić information content (AvgIpc) is 3.32. The summed E-state index contributed by atoms with van der Waals surface area (Å²) >= 11 is 1.51. The second-order valence-electron chi connectivity index (χ2n) is 6.77. The topological polar surface area (TPSA) is 91.2 Å². The summed E-state index contributed by atoms with van der Waals surface area (Å²) in [5.74, 6) is 3.01. The summed E-state index contributed by atoms with van der Waals surface area (Å²) in [6.45, 7) is 4.05. The van der Waals surface area contributed by atoms with Crippen LogP contribution in [0.4, 0.5) is 0 Å². The molecule has 0 atom stereocenters. The molecule has 0 fully saturated rings. The van der Waals surface area contributed by atoms with Gasteiger partial charge in [0, 0.05) is 29.1 Å². The number of para-hydroxylation sites is 1. The Labute approximate surface area is 176 Å². The molecule has 30 heavy (non-hydrogen) atoms.